The van der Waals surface area contributed by atoms with Crippen LogP contribution in [0.4, 0.5) is 0 Å². The lowest BCUT2D eigenvalue weighted by Crippen LogP contribution is -2.22. The van der Waals surface area contributed by atoms with Gasteiger partial charge in [0.25, 0.3) is 5.91 Å². The van der Waals surface area contributed by atoms with E-state index in [4.69, 9.17) is 11.1 Å². The zero-order chi connectivity index (χ0) is 22.0. The van der Waals surface area contributed by atoms with Crippen LogP contribution in [0.25, 0.3) is 22.3 Å². The summed E-state index contributed by atoms with van der Waals surface area (Å²) < 4.78 is 0. The van der Waals surface area contributed by atoms with Gasteiger partial charge in [-0.15, -0.1) is 0 Å². The van der Waals surface area contributed by atoms with Gasteiger partial charge in [0, 0.05) is 55.3 Å². The van der Waals surface area contributed by atoms with Crippen molar-refractivity contribution in [1.82, 2.24) is 19.9 Å². The topological polar surface area (TPSA) is 129 Å². The summed E-state index contributed by atoms with van der Waals surface area (Å²) in [6.45, 7) is 3.34. The number of carbonyl (C=O) groups is 2. The third-order valence-electron chi connectivity index (χ3n) is 4.83. The highest BCUT2D eigenvalue weighted by molar-refractivity contribution is 6.45. The number of nitrogens with zero attached hydrogens (tertiary/aromatic N) is 3. The van der Waals surface area contributed by atoms with Crippen molar-refractivity contribution in [3.8, 4) is 11.3 Å². The fourth-order valence-corrected chi connectivity index (χ4v) is 2.94. The van der Waals surface area contributed by atoms with Crippen LogP contribution in [-0.2, 0) is 11.2 Å². The molecule has 3 aromatic rings. The summed E-state index contributed by atoms with van der Waals surface area (Å²) >= 11 is 0. The van der Waals surface area contributed by atoms with Crippen LogP contribution in [0.5, 0.6) is 0 Å². The minimum Gasteiger partial charge on any atom is -0.402 e. The quantitative estimate of drug-likeness (QED) is 0.544. The largest absolute Gasteiger partial charge is 0.402 e. The summed E-state index contributed by atoms with van der Waals surface area (Å²) in [5.74, 6) is -0.485. The van der Waals surface area contributed by atoms with E-state index in [1.165, 1.54) is 4.90 Å². The van der Waals surface area contributed by atoms with Gasteiger partial charge in [-0.3, -0.25) is 20.0 Å². The molecule has 3 rings (SSSR count). The van der Waals surface area contributed by atoms with Crippen LogP contribution in [0.3, 0.4) is 0 Å². The van der Waals surface area contributed by atoms with Crippen LogP contribution in [-0.4, -0.2) is 51.3 Å². The normalized spacial score (nSPS) is 11.9. The molecule has 0 radical (unpaired) electrons. The first kappa shape index (κ1) is 20.9. The number of allylic oxidation sites excluding steroid dienone is 2. The summed E-state index contributed by atoms with van der Waals surface area (Å²) in [5, 5.41) is 8.83. The summed E-state index contributed by atoms with van der Waals surface area (Å²) in [6.07, 6.45) is 3.29. The molecule has 0 saturated heterocycles. The van der Waals surface area contributed by atoms with Gasteiger partial charge < -0.3 is 15.6 Å². The number of nitrogens with one attached hydrogen (secondary N) is 2. The smallest absolute Gasteiger partial charge is 0.271 e. The Hall–Kier alpha value is -3.81. The van der Waals surface area contributed by atoms with E-state index in [2.05, 4.69) is 15.0 Å². The van der Waals surface area contributed by atoms with Gasteiger partial charge in [-0.05, 0) is 49.2 Å². The molecule has 0 aromatic carbocycles. The number of hydrogen-bond donors (Lipinski definition) is 3. The van der Waals surface area contributed by atoms with Crippen LogP contribution < -0.4 is 5.73 Å². The van der Waals surface area contributed by atoms with Gasteiger partial charge in [-0.25, -0.2) is 4.98 Å². The zero-order valence-electron chi connectivity index (χ0n) is 17.4. The Kier molecular flexibility index (Phi) is 5.77. The predicted molar refractivity (Wildman–Crippen MR) is 116 cm³/mol. The van der Waals surface area contributed by atoms with Crippen molar-refractivity contribution in [1.29, 1.82) is 5.41 Å². The van der Waals surface area contributed by atoms with Crippen molar-refractivity contribution >= 4 is 28.4 Å². The number of Topliss-reactive ketones (excluding diaryl/α,β-unsaturated/α-hetero) is 1. The number of H-pyrrole nitrogens is 1. The van der Waals surface area contributed by atoms with Crippen molar-refractivity contribution in [2.75, 3.05) is 14.1 Å². The summed E-state index contributed by atoms with van der Waals surface area (Å²) in [7, 11) is 3.36. The second-order valence-corrected chi connectivity index (χ2v) is 7.38. The first-order valence-corrected chi connectivity index (χ1v) is 9.38. The number of ketones is 1. The molecule has 4 N–H and O–H groups in total. The van der Waals surface area contributed by atoms with E-state index in [0.29, 0.717) is 28.2 Å². The number of pyridine rings is 2. The molecule has 0 atom stereocenters. The van der Waals surface area contributed by atoms with Gasteiger partial charge in [0.1, 0.15) is 17.1 Å². The monoisotopic (exact) mass is 404 g/mol. The van der Waals surface area contributed by atoms with Crippen LogP contribution in [0.15, 0.2) is 47.9 Å². The third-order valence-corrected chi connectivity index (χ3v) is 4.83. The van der Waals surface area contributed by atoms with Crippen LogP contribution in [0.2, 0.25) is 0 Å². The Labute approximate surface area is 174 Å². The van der Waals surface area contributed by atoms with Gasteiger partial charge in [0.15, 0.2) is 5.78 Å². The Balaban J connectivity index is 1.88. The SMILES string of the molecule is C/C(N)=C(\C)C(=N)C(=O)Cc1cnc2[nH]c(-c3ccnc(C(=O)N(C)C)c3)cc2c1. The maximum Gasteiger partial charge on any atom is 0.271 e. The molecule has 8 heteroatoms. The molecule has 0 unspecified atom stereocenters. The third kappa shape index (κ3) is 4.27. The van der Waals surface area contributed by atoms with Crippen molar-refractivity contribution < 1.29 is 9.59 Å². The molecular weight excluding hydrogens is 380 g/mol. The highest BCUT2D eigenvalue weighted by Gasteiger charge is 2.15. The van der Waals surface area contributed by atoms with Gasteiger partial charge in [0.2, 0.25) is 0 Å². The number of rotatable bonds is 6. The molecule has 0 spiro atoms. The van der Waals surface area contributed by atoms with E-state index in [0.717, 1.165) is 16.6 Å². The molecule has 30 heavy (non-hydrogen) atoms. The van der Waals surface area contributed by atoms with Gasteiger partial charge in [-0.2, -0.15) is 0 Å². The second-order valence-electron chi connectivity index (χ2n) is 7.38. The van der Waals surface area contributed by atoms with Crippen molar-refractivity contribution in [2.45, 2.75) is 20.3 Å². The molecule has 0 aliphatic heterocycles. The van der Waals surface area contributed by atoms with Gasteiger partial charge in [0.05, 0.1) is 0 Å². The van der Waals surface area contributed by atoms with E-state index >= 15 is 0 Å². The van der Waals surface area contributed by atoms with Gasteiger partial charge >= 0.3 is 0 Å². The number of aromatic nitrogens is 3. The summed E-state index contributed by atoms with van der Waals surface area (Å²) in [6, 6.07) is 7.32. The average molecular weight is 404 g/mol. The number of carbonyl (C=O) groups excluding carboxylic acids is 2. The number of fused-ring (bicyclic) bond motifs is 1. The molecule has 1 amide bonds. The highest BCUT2D eigenvalue weighted by Crippen LogP contribution is 2.24. The molecule has 0 aliphatic rings. The molecule has 0 aliphatic carbocycles. The molecule has 3 aromatic heterocycles. The Morgan fingerprint density at radius 1 is 1.17 bits per heavy atom. The van der Waals surface area contributed by atoms with Crippen LogP contribution in [0, 0.1) is 5.41 Å². The van der Waals surface area contributed by atoms with Crippen molar-refractivity contribution in [3.63, 3.8) is 0 Å². The average Bonchev–Trinajstić information content (AvgIpc) is 3.15. The molecule has 3 heterocycles. The van der Waals surface area contributed by atoms with Crippen LogP contribution in [0.1, 0.15) is 29.9 Å². The number of nitrogens with two attached hydrogens (primary N) is 1. The maximum atomic E-state index is 12.4. The predicted octanol–water partition coefficient (Wildman–Crippen LogP) is 2.71. The summed E-state index contributed by atoms with van der Waals surface area (Å²) in [5.41, 5.74) is 9.89. The molecule has 154 valence electrons. The van der Waals surface area contributed by atoms with Crippen molar-refractivity contribution in [2.24, 2.45) is 5.73 Å². The molecule has 0 fully saturated rings. The lowest BCUT2D eigenvalue weighted by atomic mass is 10.0. The van der Waals surface area contributed by atoms with Crippen molar-refractivity contribution in [3.05, 3.63) is 59.2 Å². The van der Waals surface area contributed by atoms with E-state index in [1.807, 2.05) is 18.2 Å². The Morgan fingerprint density at radius 2 is 1.90 bits per heavy atom. The second kappa shape index (κ2) is 8.28. The van der Waals surface area contributed by atoms with Gasteiger partial charge in [-0.1, -0.05) is 0 Å². The highest BCUT2D eigenvalue weighted by atomic mass is 16.2. The molecule has 0 saturated carbocycles. The first-order chi connectivity index (χ1) is 14.2. The lowest BCUT2D eigenvalue weighted by Gasteiger charge is -2.09. The Morgan fingerprint density at radius 3 is 2.57 bits per heavy atom. The van der Waals surface area contributed by atoms with E-state index < -0.39 is 0 Å². The fraction of sp³-hybridized carbons (Fsp3) is 0.227. The number of amides is 1. The molecular formula is C22H24N6O2. The minimum atomic E-state index is -0.310. The first-order valence-electron chi connectivity index (χ1n) is 9.38. The summed E-state index contributed by atoms with van der Waals surface area (Å²) in [4.78, 5) is 37.8. The maximum absolute atomic E-state index is 12.4. The fourth-order valence-electron chi connectivity index (χ4n) is 2.94. The number of aromatic amines is 1. The minimum absolute atomic E-state index is 0.0731. The van der Waals surface area contributed by atoms with Crippen LogP contribution >= 0.6 is 0 Å². The molecule has 8 nitrogen and oxygen atoms in total. The van der Waals surface area contributed by atoms with E-state index in [9.17, 15) is 9.59 Å². The number of hydrogen-bond acceptors (Lipinski definition) is 6. The molecule has 0 bridgehead atoms. The van der Waals surface area contributed by atoms with E-state index in [1.54, 1.807) is 46.4 Å². The Bertz CT molecular complexity index is 1190. The zero-order valence-corrected chi connectivity index (χ0v) is 17.4. The standard InChI is InChI=1S/C22H24N6O2/c1-12(13(2)23)20(24)19(29)8-14-7-16-10-17(27-21(16)26-11-14)15-5-6-25-18(9-15)22(30)28(3)4/h5-7,9-11,24H,8,23H2,1-4H3,(H,26,27)/b13-12-,24-20?. The lowest BCUT2D eigenvalue weighted by molar-refractivity contribution is -0.112. The van der Waals surface area contributed by atoms with E-state index in [-0.39, 0.29) is 23.8 Å².